The Morgan fingerprint density at radius 3 is 3.00 bits per heavy atom. The minimum absolute atomic E-state index is 0.0195. The third-order valence-corrected chi connectivity index (χ3v) is 4.61. The molecule has 0 N–H and O–H groups in total. The molecule has 1 aliphatic rings. The van der Waals surface area contributed by atoms with Gasteiger partial charge in [-0.1, -0.05) is 12.1 Å². The lowest BCUT2D eigenvalue weighted by Gasteiger charge is -2.32. The van der Waals surface area contributed by atoms with Crippen LogP contribution in [-0.4, -0.2) is 49.5 Å². The largest absolute Gasteiger partial charge is 0.470 e. The number of hydrogen-bond donors (Lipinski definition) is 0. The molecular weight excluding hydrogens is 344 g/mol. The molecule has 136 valence electrons. The first-order valence-electron chi connectivity index (χ1n) is 8.80. The first kappa shape index (κ1) is 17.0. The summed E-state index contributed by atoms with van der Waals surface area (Å²) in [6.45, 7) is 1.39. The van der Waals surface area contributed by atoms with Crippen molar-refractivity contribution in [3.8, 4) is 11.9 Å². The number of benzene rings is 1. The van der Waals surface area contributed by atoms with Crippen LogP contribution in [0.5, 0.6) is 5.88 Å². The molecule has 8 nitrogen and oxygen atoms in total. The minimum Gasteiger partial charge on any atom is -0.470 e. The Kier molecular flexibility index (Phi) is 4.66. The van der Waals surface area contributed by atoms with Gasteiger partial charge in [-0.15, -0.1) is 0 Å². The van der Waals surface area contributed by atoms with E-state index in [1.54, 1.807) is 11.2 Å². The summed E-state index contributed by atoms with van der Waals surface area (Å²) in [5.74, 6) is 0.242. The fraction of sp³-hybridized carbons (Fsp3) is 0.316. The number of carbonyl (C=O) groups excluding carboxylic acids is 1. The summed E-state index contributed by atoms with van der Waals surface area (Å²) in [6.07, 6.45) is 6.08. The summed E-state index contributed by atoms with van der Waals surface area (Å²) in [5.41, 5.74) is 1.97. The Bertz CT molecular complexity index is 1010. The van der Waals surface area contributed by atoms with Crippen molar-refractivity contribution in [2.24, 2.45) is 0 Å². The second-order valence-corrected chi connectivity index (χ2v) is 6.40. The molecule has 1 atom stereocenters. The monoisotopic (exact) mass is 362 g/mol. The number of hydrogen-bond acceptors (Lipinski definition) is 6. The number of carbonyl (C=O) groups is 1. The average Bonchev–Trinajstić information content (AvgIpc) is 3.11. The summed E-state index contributed by atoms with van der Waals surface area (Å²) in [4.78, 5) is 26.9. The van der Waals surface area contributed by atoms with Gasteiger partial charge in [0.05, 0.1) is 23.9 Å². The SMILES string of the molecule is N#Cc1nccnc1O[C@@H]1CCCN(C(=O)Cn2cnc3ccccc32)C1. The van der Waals surface area contributed by atoms with Crippen molar-refractivity contribution >= 4 is 16.9 Å². The molecule has 0 aliphatic carbocycles. The van der Waals surface area contributed by atoms with E-state index >= 15 is 0 Å². The van der Waals surface area contributed by atoms with Gasteiger partial charge < -0.3 is 14.2 Å². The molecule has 1 aliphatic heterocycles. The number of para-hydroxylation sites is 2. The third-order valence-electron chi connectivity index (χ3n) is 4.61. The second-order valence-electron chi connectivity index (χ2n) is 6.40. The summed E-state index contributed by atoms with van der Waals surface area (Å²) >= 11 is 0. The Balaban J connectivity index is 1.43. The number of ether oxygens (including phenoxy) is 1. The van der Waals surface area contributed by atoms with Gasteiger partial charge in [0.15, 0.2) is 0 Å². The van der Waals surface area contributed by atoms with Crippen molar-refractivity contribution in [3.05, 3.63) is 48.7 Å². The van der Waals surface area contributed by atoms with E-state index in [0.29, 0.717) is 13.1 Å². The van der Waals surface area contributed by atoms with Crippen molar-refractivity contribution in [2.75, 3.05) is 13.1 Å². The van der Waals surface area contributed by atoms with E-state index in [2.05, 4.69) is 15.0 Å². The van der Waals surface area contributed by atoms with Crippen molar-refractivity contribution in [2.45, 2.75) is 25.5 Å². The highest BCUT2D eigenvalue weighted by Gasteiger charge is 2.26. The molecule has 1 saturated heterocycles. The molecule has 2 aromatic heterocycles. The van der Waals surface area contributed by atoms with Crippen molar-refractivity contribution in [1.82, 2.24) is 24.4 Å². The highest BCUT2D eigenvalue weighted by Crippen LogP contribution is 2.19. The van der Waals surface area contributed by atoms with Gasteiger partial charge in [-0.25, -0.2) is 15.0 Å². The normalized spacial score (nSPS) is 16.9. The fourth-order valence-corrected chi connectivity index (χ4v) is 3.29. The number of fused-ring (bicyclic) bond motifs is 1. The van der Waals surface area contributed by atoms with Crippen LogP contribution in [0.25, 0.3) is 11.0 Å². The molecule has 1 aromatic carbocycles. The van der Waals surface area contributed by atoms with Crippen LogP contribution in [0.4, 0.5) is 0 Å². The maximum absolute atomic E-state index is 12.8. The lowest BCUT2D eigenvalue weighted by molar-refractivity contribution is -0.134. The number of likely N-dealkylation sites (tertiary alicyclic amines) is 1. The minimum atomic E-state index is -0.203. The van der Waals surface area contributed by atoms with E-state index in [9.17, 15) is 4.79 Å². The zero-order valence-corrected chi connectivity index (χ0v) is 14.7. The predicted molar refractivity (Wildman–Crippen MR) is 96.7 cm³/mol. The lowest BCUT2D eigenvalue weighted by Crippen LogP contribution is -2.45. The van der Waals surface area contributed by atoms with E-state index < -0.39 is 0 Å². The molecular formula is C19H18N6O2. The average molecular weight is 362 g/mol. The van der Waals surface area contributed by atoms with Crippen LogP contribution in [0.15, 0.2) is 43.0 Å². The van der Waals surface area contributed by atoms with Gasteiger partial charge >= 0.3 is 0 Å². The molecule has 0 bridgehead atoms. The van der Waals surface area contributed by atoms with Crippen LogP contribution in [0.1, 0.15) is 18.5 Å². The Hall–Kier alpha value is -3.47. The number of amides is 1. The predicted octanol–water partition coefficient (Wildman–Crippen LogP) is 1.77. The zero-order valence-electron chi connectivity index (χ0n) is 14.7. The molecule has 1 fully saturated rings. The van der Waals surface area contributed by atoms with E-state index in [1.807, 2.05) is 34.9 Å². The smallest absolute Gasteiger partial charge is 0.251 e. The first-order valence-corrected chi connectivity index (χ1v) is 8.80. The highest BCUT2D eigenvalue weighted by molar-refractivity contribution is 5.80. The molecule has 0 spiro atoms. The topological polar surface area (TPSA) is 96.9 Å². The standard InChI is InChI=1S/C19H18N6O2/c20-10-16-19(22-8-7-21-16)27-14-4-3-9-24(11-14)18(26)12-25-13-23-15-5-1-2-6-17(15)25/h1-2,5-8,13-14H,3-4,9,11-12H2/t14-/m1/s1. The number of nitrogens with zero attached hydrogens (tertiary/aromatic N) is 6. The van der Waals surface area contributed by atoms with Crippen LogP contribution in [0, 0.1) is 11.3 Å². The molecule has 0 unspecified atom stereocenters. The Labute approximate surface area is 156 Å². The molecule has 3 heterocycles. The van der Waals surface area contributed by atoms with Gasteiger partial charge in [0.2, 0.25) is 11.6 Å². The van der Waals surface area contributed by atoms with E-state index in [-0.39, 0.29) is 30.1 Å². The van der Waals surface area contributed by atoms with Crippen molar-refractivity contribution in [1.29, 1.82) is 5.26 Å². The molecule has 27 heavy (non-hydrogen) atoms. The van der Waals surface area contributed by atoms with Crippen LogP contribution in [0.2, 0.25) is 0 Å². The van der Waals surface area contributed by atoms with Crippen LogP contribution in [-0.2, 0) is 11.3 Å². The van der Waals surface area contributed by atoms with Crippen molar-refractivity contribution in [3.63, 3.8) is 0 Å². The Morgan fingerprint density at radius 1 is 1.26 bits per heavy atom. The van der Waals surface area contributed by atoms with E-state index in [4.69, 9.17) is 10.00 Å². The van der Waals surface area contributed by atoms with Crippen LogP contribution >= 0.6 is 0 Å². The Morgan fingerprint density at radius 2 is 2.11 bits per heavy atom. The first-order chi connectivity index (χ1) is 13.2. The van der Waals surface area contributed by atoms with Gasteiger partial charge in [-0.3, -0.25) is 4.79 Å². The molecule has 1 amide bonds. The fourth-order valence-electron chi connectivity index (χ4n) is 3.29. The molecule has 4 rings (SSSR count). The molecule has 0 radical (unpaired) electrons. The quantitative estimate of drug-likeness (QED) is 0.702. The van der Waals surface area contributed by atoms with Gasteiger partial charge in [0.25, 0.3) is 5.88 Å². The summed E-state index contributed by atoms with van der Waals surface area (Å²) < 4.78 is 7.71. The van der Waals surface area contributed by atoms with Gasteiger partial charge in [-0.05, 0) is 25.0 Å². The molecule has 3 aromatic rings. The van der Waals surface area contributed by atoms with Crippen molar-refractivity contribution < 1.29 is 9.53 Å². The van der Waals surface area contributed by atoms with E-state index in [0.717, 1.165) is 23.9 Å². The van der Waals surface area contributed by atoms with Crippen LogP contribution in [0.3, 0.4) is 0 Å². The summed E-state index contributed by atoms with van der Waals surface area (Å²) in [7, 11) is 0. The maximum atomic E-state index is 12.8. The highest BCUT2D eigenvalue weighted by atomic mass is 16.5. The van der Waals surface area contributed by atoms with Crippen LogP contribution < -0.4 is 4.74 Å². The second kappa shape index (κ2) is 7.41. The zero-order chi connectivity index (χ0) is 18.6. The number of aromatic nitrogens is 4. The molecule has 8 heteroatoms. The van der Waals surface area contributed by atoms with E-state index in [1.165, 1.54) is 12.4 Å². The lowest BCUT2D eigenvalue weighted by atomic mass is 10.1. The molecule has 0 saturated carbocycles. The number of nitriles is 1. The summed E-state index contributed by atoms with van der Waals surface area (Å²) in [6, 6.07) is 9.72. The number of imidazole rings is 1. The third kappa shape index (κ3) is 3.58. The summed E-state index contributed by atoms with van der Waals surface area (Å²) in [5, 5.41) is 9.11. The number of piperidine rings is 1. The van der Waals surface area contributed by atoms with Gasteiger partial charge in [-0.2, -0.15) is 5.26 Å². The van der Waals surface area contributed by atoms with Gasteiger partial charge in [0.1, 0.15) is 18.7 Å². The van der Waals surface area contributed by atoms with Gasteiger partial charge in [0, 0.05) is 18.9 Å². The maximum Gasteiger partial charge on any atom is 0.251 e. The number of rotatable bonds is 4.